The Bertz CT molecular complexity index is 625. The molecule has 3 aromatic rings. The molecule has 2 heteroatoms. The van der Waals surface area contributed by atoms with Crippen LogP contribution in [0.5, 0.6) is 0 Å². The largest absolute Gasteiger partial charge is 0.382 e. The minimum Gasteiger partial charge on any atom is -0.382 e. The number of epoxide rings is 1. The number of aryl methyl sites for hydroxylation is 1. The molecule has 1 atom stereocenters. The van der Waals surface area contributed by atoms with Crippen molar-refractivity contribution in [2.75, 3.05) is 20.3 Å². The van der Waals surface area contributed by atoms with Crippen LogP contribution in [0.3, 0.4) is 0 Å². The molecule has 2 nitrogen and oxygen atoms in total. The van der Waals surface area contributed by atoms with Crippen molar-refractivity contribution in [1.82, 2.24) is 0 Å². The van der Waals surface area contributed by atoms with Gasteiger partial charge in [0.1, 0.15) is 6.10 Å². The number of hydrogen-bond acceptors (Lipinski definition) is 2. The Hall–Kier alpha value is -2.16. The summed E-state index contributed by atoms with van der Waals surface area (Å²) in [6, 6.07) is 27.2. The first-order valence-corrected chi connectivity index (χ1v) is 9.41. The lowest BCUT2D eigenvalue weighted by molar-refractivity contribution is 0.171. The smallest absolute Gasteiger partial charge is 0.104 e. The van der Waals surface area contributed by atoms with Crippen LogP contribution >= 0.6 is 0 Å². The van der Waals surface area contributed by atoms with Crippen LogP contribution in [-0.2, 0) is 15.9 Å². The van der Waals surface area contributed by atoms with Crippen molar-refractivity contribution >= 4 is 10.8 Å². The van der Waals surface area contributed by atoms with Gasteiger partial charge in [-0.05, 0) is 22.8 Å². The first-order chi connectivity index (χ1) is 12.8. The second kappa shape index (κ2) is 16.0. The fourth-order valence-corrected chi connectivity index (χ4v) is 2.20. The molecular formula is C25H36O2. The zero-order chi connectivity index (χ0) is 19.0. The first-order valence-electron chi connectivity index (χ1n) is 9.41. The van der Waals surface area contributed by atoms with Crippen molar-refractivity contribution in [3.63, 3.8) is 0 Å². The Kier molecular flexibility index (Phi) is 14.8. The molecule has 1 saturated heterocycles. The fourth-order valence-electron chi connectivity index (χ4n) is 2.20. The molecule has 4 rings (SSSR count). The summed E-state index contributed by atoms with van der Waals surface area (Å²) in [5.74, 6) is 0. The number of rotatable bonds is 3. The van der Waals surface area contributed by atoms with E-state index in [-0.39, 0.29) is 7.43 Å². The zero-order valence-corrected chi connectivity index (χ0v) is 16.5. The van der Waals surface area contributed by atoms with E-state index in [4.69, 9.17) is 9.47 Å². The van der Waals surface area contributed by atoms with Crippen molar-refractivity contribution in [1.29, 1.82) is 0 Å². The van der Waals surface area contributed by atoms with Gasteiger partial charge in [-0.1, -0.05) is 107 Å². The van der Waals surface area contributed by atoms with E-state index in [9.17, 15) is 0 Å². The van der Waals surface area contributed by atoms with Crippen LogP contribution in [0.4, 0.5) is 0 Å². The van der Waals surface area contributed by atoms with Crippen LogP contribution in [0.25, 0.3) is 10.8 Å². The van der Waals surface area contributed by atoms with Crippen molar-refractivity contribution in [2.45, 2.75) is 40.7 Å². The summed E-state index contributed by atoms with van der Waals surface area (Å²) in [5, 5.41) is 2.62. The normalized spacial score (nSPS) is 13.4. The maximum atomic E-state index is 4.82. The van der Waals surface area contributed by atoms with E-state index in [1.165, 1.54) is 16.3 Å². The van der Waals surface area contributed by atoms with Crippen molar-refractivity contribution in [2.24, 2.45) is 0 Å². The molecule has 1 aliphatic rings. The van der Waals surface area contributed by atoms with Gasteiger partial charge in [-0.15, -0.1) is 0 Å². The van der Waals surface area contributed by atoms with Crippen LogP contribution in [0.2, 0.25) is 0 Å². The average Bonchev–Trinajstić information content (AvgIpc) is 3.56. The van der Waals surface area contributed by atoms with Gasteiger partial charge in [0.15, 0.2) is 0 Å². The average molecular weight is 369 g/mol. The lowest BCUT2D eigenvalue weighted by Crippen LogP contribution is -1.94. The van der Waals surface area contributed by atoms with Crippen LogP contribution in [0.15, 0.2) is 78.9 Å². The van der Waals surface area contributed by atoms with Gasteiger partial charge in [-0.25, -0.2) is 0 Å². The van der Waals surface area contributed by atoms with Crippen LogP contribution < -0.4 is 0 Å². The molecular weight excluding hydrogens is 332 g/mol. The molecule has 0 radical (unpaired) electrons. The second-order valence-corrected chi connectivity index (χ2v) is 5.60. The van der Waals surface area contributed by atoms with E-state index in [0.29, 0.717) is 6.10 Å². The van der Waals surface area contributed by atoms with Crippen LogP contribution in [-0.4, -0.2) is 26.4 Å². The maximum Gasteiger partial charge on any atom is 0.104 e. The molecule has 0 N–H and O–H groups in total. The van der Waals surface area contributed by atoms with Gasteiger partial charge < -0.3 is 9.47 Å². The second-order valence-electron chi connectivity index (χ2n) is 5.60. The summed E-state index contributed by atoms with van der Waals surface area (Å²) in [6.45, 7) is 7.82. The van der Waals surface area contributed by atoms with Gasteiger partial charge in [-0.3, -0.25) is 0 Å². The summed E-state index contributed by atoms with van der Waals surface area (Å²) in [6.07, 6.45) is 1.57. The van der Waals surface area contributed by atoms with Gasteiger partial charge in [0.2, 0.25) is 0 Å². The Morgan fingerprint density at radius 2 is 1.22 bits per heavy atom. The molecule has 0 amide bonds. The van der Waals surface area contributed by atoms with E-state index in [1.807, 2.05) is 19.9 Å². The monoisotopic (exact) mass is 368 g/mol. The van der Waals surface area contributed by atoms with E-state index in [1.54, 1.807) is 7.11 Å². The summed E-state index contributed by atoms with van der Waals surface area (Å²) in [7, 11) is 1.68. The van der Waals surface area contributed by atoms with E-state index < -0.39 is 0 Å². The van der Waals surface area contributed by atoms with Crippen LogP contribution in [0.1, 0.15) is 33.8 Å². The molecule has 0 saturated carbocycles. The predicted octanol–water partition coefficient (Wildman–Crippen LogP) is 6.78. The quantitative estimate of drug-likeness (QED) is 0.475. The Labute approximate surface area is 166 Å². The number of fused-ring (bicyclic) bond motifs is 1. The SMILES string of the molecule is C.CC.CCc1ccccc1.COCC1CO1.c1ccc2ccccc2c1. The fraction of sp³-hybridized carbons (Fsp3) is 0.360. The topological polar surface area (TPSA) is 21.8 Å². The highest BCUT2D eigenvalue weighted by atomic mass is 16.6. The maximum absolute atomic E-state index is 4.82. The molecule has 0 spiro atoms. The van der Waals surface area contributed by atoms with Gasteiger partial charge in [-0.2, -0.15) is 0 Å². The highest BCUT2D eigenvalue weighted by Crippen LogP contribution is 2.11. The Morgan fingerprint density at radius 3 is 1.48 bits per heavy atom. The lowest BCUT2D eigenvalue weighted by atomic mass is 10.1. The molecule has 148 valence electrons. The number of ether oxygens (including phenoxy) is 2. The van der Waals surface area contributed by atoms with Crippen LogP contribution in [0, 0.1) is 0 Å². The third-order valence-electron chi connectivity index (χ3n) is 3.66. The third kappa shape index (κ3) is 11.2. The molecule has 3 aromatic carbocycles. The number of hydrogen-bond donors (Lipinski definition) is 0. The summed E-state index contributed by atoms with van der Waals surface area (Å²) in [4.78, 5) is 0. The summed E-state index contributed by atoms with van der Waals surface area (Å²) < 4.78 is 9.56. The molecule has 1 heterocycles. The standard InChI is InChI=1S/C10H8.C8H10.C4H8O2.C2H6.CH4/c1-2-6-10-8-4-3-7-9(10)5-1;1-2-8-6-4-3-5-7-8;1-5-2-4-3-6-4;1-2;/h1-8H;3-7H,2H2,1H3;4H,2-3H2,1H3;1-2H3;1H4. The van der Waals surface area contributed by atoms with E-state index in [0.717, 1.165) is 19.6 Å². The lowest BCUT2D eigenvalue weighted by Gasteiger charge is -1.92. The highest BCUT2D eigenvalue weighted by molar-refractivity contribution is 5.81. The number of benzene rings is 3. The Balaban J connectivity index is 0.000000362. The first kappa shape index (κ1) is 24.8. The predicted molar refractivity (Wildman–Crippen MR) is 119 cm³/mol. The highest BCUT2D eigenvalue weighted by Gasteiger charge is 2.21. The molecule has 0 bridgehead atoms. The molecule has 0 aromatic heterocycles. The minimum absolute atomic E-state index is 0. The van der Waals surface area contributed by atoms with Gasteiger partial charge >= 0.3 is 0 Å². The van der Waals surface area contributed by atoms with Gasteiger partial charge in [0.05, 0.1) is 13.2 Å². The van der Waals surface area contributed by atoms with Gasteiger partial charge in [0.25, 0.3) is 0 Å². The Morgan fingerprint density at radius 1 is 0.815 bits per heavy atom. The van der Waals surface area contributed by atoms with Gasteiger partial charge in [0, 0.05) is 7.11 Å². The van der Waals surface area contributed by atoms with Crippen molar-refractivity contribution in [3.8, 4) is 0 Å². The van der Waals surface area contributed by atoms with E-state index in [2.05, 4.69) is 79.7 Å². The van der Waals surface area contributed by atoms with E-state index >= 15 is 0 Å². The summed E-state index contributed by atoms with van der Waals surface area (Å²) in [5.41, 5.74) is 1.41. The summed E-state index contributed by atoms with van der Waals surface area (Å²) >= 11 is 0. The zero-order valence-electron chi connectivity index (χ0n) is 16.5. The molecule has 27 heavy (non-hydrogen) atoms. The number of methoxy groups -OCH3 is 1. The van der Waals surface area contributed by atoms with Crippen molar-refractivity contribution < 1.29 is 9.47 Å². The molecule has 1 unspecified atom stereocenters. The molecule has 1 aliphatic heterocycles. The third-order valence-corrected chi connectivity index (χ3v) is 3.66. The van der Waals surface area contributed by atoms with Crippen molar-refractivity contribution in [3.05, 3.63) is 84.4 Å². The molecule has 0 aliphatic carbocycles. The minimum atomic E-state index is 0. The molecule has 1 fully saturated rings.